The molecule has 2 heterocycles. The lowest BCUT2D eigenvalue weighted by Gasteiger charge is -2.32. The summed E-state index contributed by atoms with van der Waals surface area (Å²) in [5.74, 6) is -0.529. The van der Waals surface area contributed by atoms with E-state index in [9.17, 15) is 4.39 Å². The van der Waals surface area contributed by atoms with Gasteiger partial charge in [-0.15, -0.1) is 5.10 Å². The summed E-state index contributed by atoms with van der Waals surface area (Å²) in [5, 5.41) is 7.30. The highest BCUT2D eigenvalue weighted by molar-refractivity contribution is 6.61. The Balaban J connectivity index is 2.30. The minimum absolute atomic E-state index is 0.0983. The first-order chi connectivity index (χ1) is 7.24. The van der Waals surface area contributed by atoms with Gasteiger partial charge in [0.15, 0.2) is 5.59 Å². The van der Waals surface area contributed by atoms with E-state index >= 15 is 0 Å². The van der Waals surface area contributed by atoms with Gasteiger partial charge in [0.25, 0.3) is 0 Å². The van der Waals surface area contributed by atoms with Crippen molar-refractivity contribution < 1.29 is 13.7 Å². The van der Waals surface area contributed by atoms with Crippen molar-refractivity contribution in [1.29, 1.82) is 0 Å². The number of halogens is 1. The van der Waals surface area contributed by atoms with E-state index in [0.29, 0.717) is 0 Å². The third kappa shape index (κ3) is 1.54. The Bertz CT molecular complexity index is 403. The Kier molecular flexibility index (Phi) is 2.36. The molecule has 5 nitrogen and oxygen atoms in total. The van der Waals surface area contributed by atoms with Gasteiger partial charge in [0.2, 0.25) is 5.95 Å². The largest absolute Gasteiger partial charge is 0.521 e. The van der Waals surface area contributed by atoms with Crippen molar-refractivity contribution in [3.05, 3.63) is 5.95 Å². The van der Waals surface area contributed by atoms with Gasteiger partial charge in [-0.2, -0.15) is 4.39 Å². The topological polar surface area (TPSA) is 49.2 Å². The Hall–Kier alpha value is -0.945. The molecule has 1 aromatic rings. The summed E-state index contributed by atoms with van der Waals surface area (Å²) in [4.78, 5) is 0. The quantitative estimate of drug-likeness (QED) is 0.645. The van der Waals surface area contributed by atoms with Crippen molar-refractivity contribution >= 4 is 12.7 Å². The van der Waals surface area contributed by atoms with E-state index in [2.05, 4.69) is 10.3 Å². The zero-order valence-electron chi connectivity index (χ0n) is 10.1. The SMILES string of the molecule is Cn1nnc(B2OC(C)(C)C(C)(C)O2)c1F. The molecular weight excluding hydrogens is 212 g/mol. The van der Waals surface area contributed by atoms with Crippen LogP contribution in [0.15, 0.2) is 0 Å². The summed E-state index contributed by atoms with van der Waals surface area (Å²) in [6, 6.07) is 0. The minimum atomic E-state index is -0.793. The van der Waals surface area contributed by atoms with Crippen LogP contribution in [-0.2, 0) is 16.4 Å². The van der Waals surface area contributed by atoms with Crippen molar-refractivity contribution in [2.24, 2.45) is 7.05 Å². The predicted octanol–water partition coefficient (Wildman–Crippen LogP) is 0.253. The molecular formula is C9H15BFN3O2. The summed E-state index contributed by atoms with van der Waals surface area (Å²) in [6.45, 7) is 7.62. The van der Waals surface area contributed by atoms with Crippen LogP contribution in [0.25, 0.3) is 0 Å². The summed E-state index contributed by atoms with van der Waals surface area (Å²) in [6.07, 6.45) is 0. The normalized spacial score (nSPS) is 22.8. The summed E-state index contributed by atoms with van der Waals surface area (Å²) in [7, 11) is 0.690. The standard InChI is InChI=1S/C9H15BFN3O2/c1-8(2)9(3,4)16-10(15-8)6-7(11)14(5)13-12-6/h1-5H3. The molecule has 0 aliphatic carbocycles. The molecule has 1 aromatic heterocycles. The molecule has 0 saturated carbocycles. The third-order valence-electron chi connectivity index (χ3n) is 3.26. The second-order valence-corrected chi connectivity index (χ2v) is 4.98. The van der Waals surface area contributed by atoms with Gasteiger partial charge in [0.1, 0.15) is 0 Å². The predicted molar refractivity (Wildman–Crippen MR) is 56.7 cm³/mol. The summed E-state index contributed by atoms with van der Waals surface area (Å²) < 4.78 is 26.0. The van der Waals surface area contributed by atoms with Crippen molar-refractivity contribution in [2.75, 3.05) is 0 Å². The monoisotopic (exact) mass is 227 g/mol. The molecule has 0 amide bonds. The van der Waals surface area contributed by atoms with Crippen LogP contribution in [0.5, 0.6) is 0 Å². The first-order valence-electron chi connectivity index (χ1n) is 5.15. The third-order valence-corrected chi connectivity index (χ3v) is 3.26. The van der Waals surface area contributed by atoms with Crippen LogP contribution in [0.1, 0.15) is 27.7 Å². The summed E-state index contributed by atoms with van der Waals surface area (Å²) in [5.41, 5.74) is -0.898. The molecule has 2 rings (SSSR count). The molecule has 0 spiro atoms. The van der Waals surface area contributed by atoms with Crippen molar-refractivity contribution in [2.45, 2.75) is 38.9 Å². The average molecular weight is 227 g/mol. The molecule has 1 aliphatic rings. The number of hydrogen-bond donors (Lipinski definition) is 0. The number of hydrogen-bond acceptors (Lipinski definition) is 4. The Morgan fingerprint density at radius 1 is 1.19 bits per heavy atom. The maximum atomic E-state index is 13.6. The van der Waals surface area contributed by atoms with Crippen LogP contribution in [-0.4, -0.2) is 33.3 Å². The highest BCUT2D eigenvalue weighted by Gasteiger charge is 2.53. The van der Waals surface area contributed by atoms with Crippen LogP contribution in [0.3, 0.4) is 0 Å². The highest BCUT2D eigenvalue weighted by atomic mass is 19.1. The Morgan fingerprint density at radius 3 is 2.06 bits per heavy atom. The summed E-state index contributed by atoms with van der Waals surface area (Å²) >= 11 is 0. The second kappa shape index (κ2) is 3.27. The Labute approximate surface area is 94.1 Å². The zero-order valence-corrected chi connectivity index (χ0v) is 10.1. The van der Waals surface area contributed by atoms with Gasteiger partial charge in [-0.25, -0.2) is 4.68 Å². The van der Waals surface area contributed by atoms with Crippen molar-refractivity contribution in [3.8, 4) is 0 Å². The second-order valence-electron chi connectivity index (χ2n) is 4.98. The molecule has 7 heteroatoms. The van der Waals surface area contributed by atoms with Gasteiger partial charge >= 0.3 is 7.12 Å². The van der Waals surface area contributed by atoms with E-state index in [1.807, 2.05) is 27.7 Å². The molecule has 0 atom stereocenters. The fraction of sp³-hybridized carbons (Fsp3) is 0.778. The molecule has 1 fully saturated rings. The number of aryl methyl sites for hydroxylation is 1. The fourth-order valence-electron chi connectivity index (χ4n) is 1.46. The fourth-order valence-corrected chi connectivity index (χ4v) is 1.46. The van der Waals surface area contributed by atoms with Crippen molar-refractivity contribution in [3.63, 3.8) is 0 Å². The van der Waals surface area contributed by atoms with E-state index < -0.39 is 24.3 Å². The molecule has 1 aliphatic heterocycles. The van der Waals surface area contributed by atoms with Gasteiger partial charge in [-0.3, -0.25) is 0 Å². The Morgan fingerprint density at radius 2 is 1.69 bits per heavy atom. The first-order valence-corrected chi connectivity index (χ1v) is 5.15. The lowest BCUT2D eigenvalue weighted by atomic mass is 9.85. The van der Waals surface area contributed by atoms with E-state index in [1.54, 1.807) is 0 Å². The maximum absolute atomic E-state index is 13.6. The van der Waals surface area contributed by atoms with Crippen LogP contribution in [0.4, 0.5) is 4.39 Å². The molecule has 0 unspecified atom stereocenters. The van der Waals surface area contributed by atoms with E-state index in [0.717, 1.165) is 4.68 Å². The van der Waals surface area contributed by atoms with Gasteiger partial charge in [0, 0.05) is 7.05 Å². The van der Waals surface area contributed by atoms with E-state index in [4.69, 9.17) is 9.31 Å². The molecule has 0 radical (unpaired) electrons. The van der Waals surface area contributed by atoms with Gasteiger partial charge < -0.3 is 9.31 Å². The number of nitrogens with zero attached hydrogens (tertiary/aromatic N) is 3. The molecule has 0 bridgehead atoms. The van der Waals surface area contributed by atoms with Crippen LogP contribution in [0.2, 0.25) is 0 Å². The van der Waals surface area contributed by atoms with Crippen molar-refractivity contribution in [1.82, 2.24) is 15.0 Å². The van der Waals surface area contributed by atoms with Gasteiger partial charge in [-0.05, 0) is 27.7 Å². The maximum Gasteiger partial charge on any atom is 0.521 e. The van der Waals surface area contributed by atoms with E-state index in [-0.39, 0.29) is 5.59 Å². The zero-order chi connectivity index (χ0) is 12.1. The molecule has 1 saturated heterocycles. The molecule has 0 aromatic carbocycles. The van der Waals surface area contributed by atoms with Crippen LogP contribution >= 0.6 is 0 Å². The average Bonchev–Trinajstić information content (AvgIpc) is 2.54. The first kappa shape index (κ1) is 11.5. The van der Waals surface area contributed by atoms with Gasteiger partial charge in [0.05, 0.1) is 11.2 Å². The lowest BCUT2D eigenvalue weighted by molar-refractivity contribution is 0.00578. The van der Waals surface area contributed by atoms with Crippen LogP contribution < -0.4 is 5.59 Å². The van der Waals surface area contributed by atoms with Gasteiger partial charge in [-0.1, -0.05) is 5.21 Å². The molecule has 88 valence electrons. The minimum Gasteiger partial charge on any atom is -0.398 e. The number of rotatable bonds is 1. The van der Waals surface area contributed by atoms with E-state index in [1.165, 1.54) is 7.05 Å². The van der Waals surface area contributed by atoms with Crippen LogP contribution in [0, 0.1) is 5.95 Å². The smallest absolute Gasteiger partial charge is 0.398 e. The number of aromatic nitrogens is 3. The molecule has 16 heavy (non-hydrogen) atoms. The lowest BCUT2D eigenvalue weighted by Crippen LogP contribution is -2.41. The molecule has 0 N–H and O–H groups in total. The highest BCUT2D eigenvalue weighted by Crippen LogP contribution is 2.36.